The van der Waals surface area contributed by atoms with Crippen LogP contribution in [-0.4, -0.2) is 34.1 Å². The summed E-state index contributed by atoms with van der Waals surface area (Å²) < 4.78 is 14.0. The summed E-state index contributed by atoms with van der Waals surface area (Å²) in [5, 5.41) is 0. The van der Waals surface area contributed by atoms with Gasteiger partial charge in [-0.15, -0.1) is 0 Å². The van der Waals surface area contributed by atoms with E-state index < -0.39 is 8.80 Å². The van der Waals surface area contributed by atoms with Crippen molar-refractivity contribution in [1.29, 1.82) is 0 Å². The van der Waals surface area contributed by atoms with Crippen LogP contribution in [0.15, 0.2) is 37.4 Å². The molecule has 0 saturated heterocycles. The topological polar surface area (TPSA) is 67.3 Å². The fourth-order valence-corrected chi connectivity index (χ4v) is 5.09. The number of rotatable bonds is 18. The molecule has 0 bridgehead atoms. The predicted molar refractivity (Wildman–Crippen MR) is 123 cm³/mol. The minimum atomic E-state index is -3.45. The number of unbranched alkanes of at least 4 members (excludes halogenated alkanes) is 6. The molecule has 0 aliphatic rings. The maximum atomic E-state index is 9.77. The molecule has 0 fully saturated rings. The highest BCUT2D eigenvalue weighted by Crippen LogP contribution is 2.07. The summed E-state index contributed by atoms with van der Waals surface area (Å²) in [6.07, 6.45) is 23.9. The molecule has 0 aromatic carbocycles. The Balaban J connectivity index is 1.56. The largest absolute Gasteiger partial charge is 0.495 e. The van der Waals surface area contributed by atoms with Crippen molar-refractivity contribution < 1.29 is 23.2 Å². The van der Waals surface area contributed by atoms with Crippen LogP contribution in [0.5, 0.6) is 0 Å². The minimum Gasteiger partial charge on any atom is -0.390 e. The van der Waals surface area contributed by atoms with E-state index in [4.69, 9.17) is 4.43 Å². The number of nitrogens with zero attached hydrogens (tertiary/aromatic N) is 4. The van der Waals surface area contributed by atoms with E-state index in [1.54, 1.807) is 6.92 Å². The first-order valence-corrected chi connectivity index (χ1v) is 14.2. The van der Waals surface area contributed by atoms with Crippen molar-refractivity contribution in [2.75, 3.05) is 6.61 Å². The summed E-state index contributed by atoms with van der Waals surface area (Å²) in [7, 11) is -3.45. The molecule has 2 heterocycles. The van der Waals surface area contributed by atoms with Gasteiger partial charge in [-0.25, -0.2) is 18.3 Å². The number of aromatic nitrogens is 4. The zero-order chi connectivity index (χ0) is 22.4. The number of imidazole rings is 2. The molecule has 8 heteroatoms. The quantitative estimate of drug-likeness (QED) is 0.208. The molecule has 0 unspecified atom stereocenters. The summed E-state index contributed by atoms with van der Waals surface area (Å²) in [6.45, 7) is 8.37. The molecule has 2 rings (SSSR count). The lowest BCUT2D eigenvalue weighted by molar-refractivity contribution is -0.697. The van der Waals surface area contributed by atoms with E-state index in [1.165, 1.54) is 38.5 Å². The van der Waals surface area contributed by atoms with Gasteiger partial charge in [-0.2, -0.15) is 0 Å². The maximum Gasteiger partial charge on any atom is 0.495 e. The summed E-state index contributed by atoms with van der Waals surface area (Å²) >= 11 is 0. The van der Waals surface area contributed by atoms with Crippen molar-refractivity contribution in [3.63, 3.8) is 0 Å². The molecule has 0 spiro atoms. The second-order valence-corrected chi connectivity index (χ2v) is 10.8. The van der Waals surface area contributed by atoms with Crippen LogP contribution in [0.4, 0.5) is 0 Å². The highest BCUT2D eigenvalue weighted by Gasteiger charge is 2.31. The van der Waals surface area contributed by atoms with Gasteiger partial charge >= 0.3 is 8.80 Å². The molecule has 0 atom stereocenters. The Bertz CT molecular complexity index is 717. The second kappa shape index (κ2) is 14.6. The molecule has 0 amide bonds. The first-order valence-electron chi connectivity index (χ1n) is 12.2. The third kappa shape index (κ3) is 11.1. The zero-order valence-electron chi connectivity index (χ0n) is 19.7. The van der Waals surface area contributed by atoms with Gasteiger partial charge in [-0.05, 0) is 39.0 Å². The standard InChI is InChI=1S/C23H44N4O3Si/c1-3-5-6-7-8-9-13-24-17-18-25(22-24)14-10-11-15-26-19-20-27(23-26)16-12-21-31(28,29)30-4-2/h17-20,22-23,28-29H,3-16,21H2,1-2H3/q+2. The summed E-state index contributed by atoms with van der Waals surface area (Å²) in [6, 6.07) is 0.342. The fourth-order valence-electron chi connectivity index (χ4n) is 3.87. The molecule has 176 valence electrons. The first-order chi connectivity index (χ1) is 15.0. The maximum absolute atomic E-state index is 9.77. The van der Waals surface area contributed by atoms with E-state index in [0.29, 0.717) is 19.1 Å². The third-order valence-electron chi connectivity index (χ3n) is 5.64. The monoisotopic (exact) mass is 452 g/mol. The summed E-state index contributed by atoms with van der Waals surface area (Å²) in [4.78, 5) is 19.5. The Hall–Kier alpha value is -1.48. The molecule has 0 aliphatic heterocycles. The average Bonchev–Trinajstić information content (AvgIpc) is 3.37. The van der Waals surface area contributed by atoms with Crippen molar-refractivity contribution in [3.8, 4) is 0 Å². The van der Waals surface area contributed by atoms with Gasteiger partial charge in [0.05, 0.1) is 26.2 Å². The van der Waals surface area contributed by atoms with Gasteiger partial charge in [0.15, 0.2) is 0 Å². The molecular weight excluding hydrogens is 408 g/mol. The Kier molecular flexibility index (Phi) is 12.1. The number of hydrogen-bond donors (Lipinski definition) is 2. The van der Waals surface area contributed by atoms with Gasteiger partial charge < -0.3 is 14.0 Å². The van der Waals surface area contributed by atoms with E-state index in [1.807, 2.05) is 0 Å². The third-order valence-corrected chi connectivity index (χ3v) is 7.40. The normalized spacial score (nSPS) is 12.0. The zero-order valence-corrected chi connectivity index (χ0v) is 20.7. The van der Waals surface area contributed by atoms with Gasteiger partial charge in [0, 0.05) is 12.7 Å². The van der Waals surface area contributed by atoms with Crippen LogP contribution in [0, 0.1) is 0 Å². The van der Waals surface area contributed by atoms with Gasteiger partial charge in [-0.1, -0.05) is 32.6 Å². The molecule has 0 saturated carbocycles. The van der Waals surface area contributed by atoms with Crippen LogP contribution in [0.1, 0.15) is 71.6 Å². The van der Waals surface area contributed by atoms with Crippen LogP contribution >= 0.6 is 0 Å². The van der Waals surface area contributed by atoms with Crippen LogP contribution in [0.3, 0.4) is 0 Å². The Morgan fingerprint density at radius 2 is 1.29 bits per heavy atom. The molecule has 31 heavy (non-hydrogen) atoms. The molecule has 0 radical (unpaired) electrons. The van der Waals surface area contributed by atoms with Crippen LogP contribution in [-0.2, 0) is 30.6 Å². The minimum absolute atomic E-state index is 0.342. The van der Waals surface area contributed by atoms with Crippen LogP contribution in [0.2, 0.25) is 6.04 Å². The van der Waals surface area contributed by atoms with Crippen molar-refractivity contribution in [3.05, 3.63) is 37.4 Å². The fraction of sp³-hybridized carbons (Fsp3) is 0.739. The predicted octanol–water partition coefficient (Wildman–Crippen LogP) is 3.06. The van der Waals surface area contributed by atoms with E-state index in [-0.39, 0.29) is 0 Å². The molecule has 2 aromatic rings. The highest BCUT2D eigenvalue weighted by atomic mass is 28.4. The van der Waals surface area contributed by atoms with Gasteiger partial charge in [0.25, 0.3) is 0 Å². The SMILES string of the molecule is CCCCCCCC[n+]1ccn(CCCCn2cc[n+](CCC[Si](O)(O)OCC)c2)c1. The Morgan fingerprint density at radius 1 is 0.742 bits per heavy atom. The molecular formula is C23H44N4O3Si+2. The lowest BCUT2D eigenvalue weighted by Crippen LogP contribution is -2.40. The number of aryl methyl sites for hydroxylation is 4. The Labute approximate surface area is 189 Å². The van der Waals surface area contributed by atoms with E-state index in [0.717, 1.165) is 39.0 Å². The van der Waals surface area contributed by atoms with Gasteiger partial charge in [0.2, 0.25) is 12.7 Å². The van der Waals surface area contributed by atoms with E-state index >= 15 is 0 Å². The first kappa shape index (κ1) is 25.8. The Morgan fingerprint density at radius 3 is 1.87 bits per heavy atom. The van der Waals surface area contributed by atoms with Crippen molar-refractivity contribution in [1.82, 2.24) is 9.13 Å². The molecule has 7 nitrogen and oxygen atoms in total. The summed E-state index contributed by atoms with van der Waals surface area (Å²) in [5.74, 6) is 0. The van der Waals surface area contributed by atoms with E-state index in [9.17, 15) is 9.59 Å². The average molecular weight is 453 g/mol. The lowest BCUT2D eigenvalue weighted by atomic mass is 10.1. The van der Waals surface area contributed by atoms with Crippen molar-refractivity contribution in [2.45, 2.75) is 104 Å². The molecule has 2 N–H and O–H groups in total. The van der Waals surface area contributed by atoms with E-state index in [2.05, 4.69) is 62.6 Å². The van der Waals surface area contributed by atoms with Crippen LogP contribution in [0.25, 0.3) is 0 Å². The van der Waals surface area contributed by atoms with Crippen LogP contribution < -0.4 is 9.13 Å². The molecule has 2 aromatic heterocycles. The van der Waals surface area contributed by atoms with Gasteiger partial charge in [-0.3, -0.25) is 0 Å². The smallest absolute Gasteiger partial charge is 0.390 e. The number of hydrogen-bond acceptors (Lipinski definition) is 3. The second-order valence-electron chi connectivity index (χ2n) is 8.53. The van der Waals surface area contributed by atoms with Crippen molar-refractivity contribution >= 4 is 8.80 Å². The van der Waals surface area contributed by atoms with Crippen molar-refractivity contribution in [2.24, 2.45) is 0 Å². The molecule has 0 aliphatic carbocycles. The van der Waals surface area contributed by atoms with Gasteiger partial charge in [0.1, 0.15) is 24.8 Å². The lowest BCUT2D eigenvalue weighted by Gasteiger charge is -2.15. The summed E-state index contributed by atoms with van der Waals surface area (Å²) in [5.41, 5.74) is 0. The highest BCUT2D eigenvalue weighted by molar-refractivity contribution is 6.57.